The summed E-state index contributed by atoms with van der Waals surface area (Å²) in [6.45, 7) is 0. The molecule has 1 aromatic carbocycles. The lowest BCUT2D eigenvalue weighted by atomic mass is 10.1. The molecule has 7 heteroatoms. The van der Waals surface area contributed by atoms with E-state index < -0.39 is 17.2 Å². The summed E-state index contributed by atoms with van der Waals surface area (Å²) in [5, 5.41) is 11.6. The number of imide groups is 1. The van der Waals surface area contributed by atoms with Crippen molar-refractivity contribution in [2.24, 2.45) is 0 Å². The fourth-order valence-corrected chi connectivity index (χ4v) is 2.71. The van der Waals surface area contributed by atoms with Crippen LogP contribution >= 0.6 is 11.8 Å². The molecule has 0 unspecified atom stereocenters. The van der Waals surface area contributed by atoms with Gasteiger partial charge in [0.05, 0.1) is 10.4 Å². The fraction of sp³-hybridized carbons (Fsp3) is 0. The van der Waals surface area contributed by atoms with Crippen LogP contribution in [0.25, 0.3) is 17.0 Å². The van der Waals surface area contributed by atoms with Crippen LogP contribution in [-0.2, 0) is 4.79 Å². The SMILES string of the molecule is O=C1NC(=O)C(=Cc2cn(C(=O)O)c3ccccc23)S1. The number of hydrogen-bond donors (Lipinski definition) is 2. The molecule has 1 saturated heterocycles. The molecule has 6 nitrogen and oxygen atoms in total. The third-order valence-corrected chi connectivity index (χ3v) is 3.69. The van der Waals surface area contributed by atoms with E-state index >= 15 is 0 Å². The Bertz CT molecular complexity index is 791. The summed E-state index contributed by atoms with van der Waals surface area (Å²) >= 11 is 0.800. The maximum absolute atomic E-state index is 11.5. The predicted molar refractivity (Wildman–Crippen MR) is 74.5 cm³/mol. The molecule has 3 rings (SSSR count). The number of carboxylic acid groups (broad SMARTS) is 1. The average Bonchev–Trinajstić information content (AvgIpc) is 2.92. The third-order valence-electron chi connectivity index (χ3n) is 2.88. The first-order valence-electron chi connectivity index (χ1n) is 5.64. The van der Waals surface area contributed by atoms with Crippen molar-refractivity contribution in [1.82, 2.24) is 9.88 Å². The number of nitrogens with one attached hydrogen (secondary N) is 1. The molecule has 0 saturated carbocycles. The second-order valence-electron chi connectivity index (χ2n) is 4.11. The molecule has 1 aliphatic heterocycles. The Morgan fingerprint density at radius 3 is 2.70 bits per heavy atom. The topological polar surface area (TPSA) is 88.4 Å². The lowest BCUT2D eigenvalue weighted by Crippen LogP contribution is -2.17. The first-order valence-corrected chi connectivity index (χ1v) is 6.46. The number of carbonyl (C=O) groups excluding carboxylic acids is 2. The first-order chi connectivity index (χ1) is 9.56. The van der Waals surface area contributed by atoms with E-state index in [0.717, 1.165) is 16.3 Å². The van der Waals surface area contributed by atoms with Gasteiger partial charge in [-0.3, -0.25) is 19.5 Å². The molecular weight excluding hydrogens is 280 g/mol. The van der Waals surface area contributed by atoms with E-state index in [0.29, 0.717) is 16.5 Å². The van der Waals surface area contributed by atoms with Crippen molar-refractivity contribution in [3.63, 3.8) is 0 Å². The number of amides is 2. The van der Waals surface area contributed by atoms with Crippen molar-refractivity contribution in [2.75, 3.05) is 0 Å². The van der Waals surface area contributed by atoms with E-state index in [2.05, 4.69) is 5.32 Å². The van der Waals surface area contributed by atoms with E-state index in [4.69, 9.17) is 5.11 Å². The monoisotopic (exact) mass is 288 g/mol. The maximum atomic E-state index is 11.5. The minimum Gasteiger partial charge on any atom is -0.464 e. The maximum Gasteiger partial charge on any atom is 0.416 e. The Labute approximate surface area is 117 Å². The molecule has 1 fully saturated rings. The van der Waals surface area contributed by atoms with E-state index in [1.807, 2.05) is 0 Å². The number of para-hydroxylation sites is 1. The van der Waals surface area contributed by atoms with Crippen molar-refractivity contribution >= 4 is 46.0 Å². The number of nitrogens with zero attached hydrogens (tertiary/aromatic N) is 1. The zero-order valence-corrected chi connectivity index (χ0v) is 10.8. The molecule has 2 aromatic rings. The van der Waals surface area contributed by atoms with Crippen LogP contribution in [0.3, 0.4) is 0 Å². The zero-order valence-electron chi connectivity index (χ0n) is 9.99. The van der Waals surface area contributed by atoms with Gasteiger partial charge in [0.25, 0.3) is 11.1 Å². The van der Waals surface area contributed by atoms with Crippen molar-refractivity contribution in [2.45, 2.75) is 0 Å². The minimum absolute atomic E-state index is 0.253. The van der Waals surface area contributed by atoms with Gasteiger partial charge in [0.1, 0.15) is 0 Å². The summed E-state index contributed by atoms with van der Waals surface area (Å²) < 4.78 is 1.08. The molecule has 1 aliphatic rings. The summed E-state index contributed by atoms with van der Waals surface area (Å²) in [5.41, 5.74) is 1.11. The van der Waals surface area contributed by atoms with Crippen molar-refractivity contribution in [3.05, 3.63) is 40.9 Å². The molecule has 100 valence electrons. The summed E-state index contributed by atoms with van der Waals surface area (Å²) in [4.78, 5) is 34.1. The molecular formula is C13H8N2O4S. The fourth-order valence-electron chi connectivity index (χ4n) is 2.04. The van der Waals surface area contributed by atoms with Gasteiger partial charge in [-0.05, 0) is 23.9 Å². The molecule has 0 aliphatic carbocycles. The molecule has 0 spiro atoms. The average molecular weight is 288 g/mol. The lowest BCUT2D eigenvalue weighted by Gasteiger charge is -1.95. The van der Waals surface area contributed by atoms with Gasteiger partial charge in [0, 0.05) is 17.1 Å². The standard InChI is InChI=1S/C13H8N2O4S/c16-11-10(20-12(17)14-11)5-7-6-15(13(18)19)9-4-2-1-3-8(7)9/h1-6H,(H,18,19)(H,14,16,17). The number of benzene rings is 1. The Morgan fingerprint density at radius 2 is 2.05 bits per heavy atom. The van der Waals surface area contributed by atoms with Crippen LogP contribution in [0.4, 0.5) is 9.59 Å². The van der Waals surface area contributed by atoms with E-state index in [1.54, 1.807) is 24.3 Å². The number of thioether (sulfide) groups is 1. The number of aromatic nitrogens is 1. The zero-order chi connectivity index (χ0) is 14.3. The molecule has 20 heavy (non-hydrogen) atoms. The van der Waals surface area contributed by atoms with Gasteiger partial charge in [0.15, 0.2) is 0 Å². The van der Waals surface area contributed by atoms with E-state index in [9.17, 15) is 14.4 Å². The second-order valence-corrected chi connectivity index (χ2v) is 5.12. The van der Waals surface area contributed by atoms with Crippen LogP contribution in [0.5, 0.6) is 0 Å². The van der Waals surface area contributed by atoms with Crippen LogP contribution in [0, 0.1) is 0 Å². The molecule has 2 amide bonds. The summed E-state index contributed by atoms with van der Waals surface area (Å²) in [6.07, 6.45) is 1.84. The minimum atomic E-state index is -1.11. The van der Waals surface area contributed by atoms with Crippen LogP contribution in [-0.4, -0.2) is 26.9 Å². The Morgan fingerprint density at radius 1 is 1.30 bits per heavy atom. The Kier molecular flexibility index (Phi) is 2.83. The lowest BCUT2D eigenvalue weighted by molar-refractivity contribution is -0.115. The highest BCUT2D eigenvalue weighted by Crippen LogP contribution is 2.29. The van der Waals surface area contributed by atoms with Crippen molar-refractivity contribution in [3.8, 4) is 0 Å². The smallest absolute Gasteiger partial charge is 0.416 e. The van der Waals surface area contributed by atoms with Crippen LogP contribution in [0.1, 0.15) is 5.56 Å². The number of carbonyl (C=O) groups is 3. The molecule has 2 N–H and O–H groups in total. The van der Waals surface area contributed by atoms with Crippen LogP contribution in [0.2, 0.25) is 0 Å². The highest BCUT2D eigenvalue weighted by Gasteiger charge is 2.25. The summed E-state index contributed by atoms with van der Waals surface area (Å²) in [6, 6.07) is 6.96. The van der Waals surface area contributed by atoms with Gasteiger partial charge in [-0.1, -0.05) is 18.2 Å². The normalized spacial score (nSPS) is 16.9. The predicted octanol–water partition coefficient (Wildman–Crippen LogP) is 2.49. The molecule has 0 bridgehead atoms. The van der Waals surface area contributed by atoms with Gasteiger partial charge in [0.2, 0.25) is 0 Å². The van der Waals surface area contributed by atoms with Gasteiger partial charge < -0.3 is 5.11 Å². The second kappa shape index (κ2) is 4.53. The molecule has 0 radical (unpaired) electrons. The number of rotatable bonds is 1. The Hall–Kier alpha value is -2.54. The van der Waals surface area contributed by atoms with Crippen molar-refractivity contribution in [1.29, 1.82) is 0 Å². The summed E-state index contributed by atoms with van der Waals surface area (Å²) in [7, 11) is 0. The van der Waals surface area contributed by atoms with Crippen LogP contribution < -0.4 is 5.32 Å². The first kappa shape index (κ1) is 12.5. The number of hydrogen-bond acceptors (Lipinski definition) is 4. The molecule has 2 heterocycles. The highest BCUT2D eigenvalue weighted by molar-refractivity contribution is 8.18. The Balaban J connectivity index is 2.18. The van der Waals surface area contributed by atoms with E-state index in [1.165, 1.54) is 12.3 Å². The largest absolute Gasteiger partial charge is 0.464 e. The third kappa shape index (κ3) is 1.97. The summed E-state index contributed by atoms with van der Waals surface area (Å²) in [5.74, 6) is -0.466. The number of fused-ring (bicyclic) bond motifs is 1. The molecule has 0 atom stereocenters. The highest BCUT2D eigenvalue weighted by atomic mass is 32.2. The molecule has 1 aromatic heterocycles. The van der Waals surface area contributed by atoms with Gasteiger partial charge in [-0.2, -0.15) is 0 Å². The van der Waals surface area contributed by atoms with Gasteiger partial charge >= 0.3 is 6.09 Å². The van der Waals surface area contributed by atoms with Gasteiger partial charge in [-0.25, -0.2) is 4.79 Å². The van der Waals surface area contributed by atoms with Gasteiger partial charge in [-0.15, -0.1) is 0 Å². The van der Waals surface area contributed by atoms with Crippen molar-refractivity contribution < 1.29 is 19.5 Å². The van der Waals surface area contributed by atoms with E-state index in [-0.39, 0.29) is 4.91 Å². The van der Waals surface area contributed by atoms with Crippen LogP contribution in [0.15, 0.2) is 35.4 Å². The quantitative estimate of drug-likeness (QED) is 0.787.